The van der Waals surface area contributed by atoms with E-state index in [9.17, 15) is 19.4 Å². The molecule has 0 bridgehead atoms. The first kappa shape index (κ1) is 19.3. The van der Waals surface area contributed by atoms with Gasteiger partial charge in [-0.3, -0.25) is 9.69 Å². The summed E-state index contributed by atoms with van der Waals surface area (Å²) in [6.45, 7) is 4.71. The summed E-state index contributed by atoms with van der Waals surface area (Å²) in [7, 11) is 0. The Hall–Kier alpha value is -2.00. The van der Waals surface area contributed by atoms with E-state index in [4.69, 9.17) is 9.15 Å². The van der Waals surface area contributed by atoms with Crippen LogP contribution in [0.3, 0.4) is 0 Å². The maximum Gasteiger partial charge on any atom is 0.289 e. The molecule has 0 saturated carbocycles. The molecule has 28 heavy (non-hydrogen) atoms. The first-order chi connectivity index (χ1) is 13.5. The van der Waals surface area contributed by atoms with Crippen LogP contribution in [0.4, 0.5) is 4.39 Å². The van der Waals surface area contributed by atoms with Crippen LogP contribution in [-0.4, -0.2) is 83.6 Å². The van der Waals surface area contributed by atoms with Crippen molar-refractivity contribution in [1.82, 2.24) is 9.80 Å². The van der Waals surface area contributed by atoms with Crippen LogP contribution in [0.2, 0.25) is 0 Å². The van der Waals surface area contributed by atoms with E-state index < -0.39 is 12.2 Å². The number of carbonyl (C=O) groups is 1. The van der Waals surface area contributed by atoms with E-state index >= 15 is 0 Å². The molecule has 4 rings (SSSR count). The van der Waals surface area contributed by atoms with Crippen molar-refractivity contribution < 1.29 is 28.6 Å². The molecule has 0 unspecified atom stereocenters. The topological polar surface area (TPSA) is 86.4 Å². The van der Waals surface area contributed by atoms with E-state index in [1.165, 1.54) is 18.2 Å². The standard InChI is InChI=1S/C20H25FN2O5/c1-12-14-10-13(21)2-3-17(14)28-19(12)20(26)23-5-4-16(24)18(25)15(11-23)22-6-8-27-9-7-22/h2-3,10,15-16,18,24-25H,4-9,11H2,1H3/t15-,16-,18+/m1/s1. The van der Waals surface area contributed by atoms with Crippen LogP contribution in [0.25, 0.3) is 11.0 Å². The molecule has 1 amide bonds. The highest BCUT2D eigenvalue weighted by atomic mass is 19.1. The summed E-state index contributed by atoms with van der Waals surface area (Å²) in [4.78, 5) is 16.9. The van der Waals surface area contributed by atoms with Gasteiger partial charge in [-0.1, -0.05) is 0 Å². The Labute approximate surface area is 162 Å². The molecule has 3 atom stereocenters. The number of benzene rings is 1. The molecule has 2 N–H and O–H groups in total. The van der Waals surface area contributed by atoms with Gasteiger partial charge in [-0.2, -0.15) is 0 Å². The van der Waals surface area contributed by atoms with Crippen LogP contribution in [0.1, 0.15) is 22.5 Å². The third-order valence-electron chi connectivity index (χ3n) is 5.79. The third-order valence-corrected chi connectivity index (χ3v) is 5.79. The van der Waals surface area contributed by atoms with Crippen molar-refractivity contribution in [3.63, 3.8) is 0 Å². The number of rotatable bonds is 2. The lowest BCUT2D eigenvalue weighted by molar-refractivity contribution is -0.0609. The van der Waals surface area contributed by atoms with E-state index in [1.54, 1.807) is 11.8 Å². The number of aryl methyl sites for hydroxylation is 1. The highest BCUT2D eigenvalue weighted by Gasteiger charge is 2.38. The minimum atomic E-state index is -0.943. The summed E-state index contributed by atoms with van der Waals surface area (Å²) in [5.41, 5.74) is 1.05. The van der Waals surface area contributed by atoms with Gasteiger partial charge in [0.1, 0.15) is 11.4 Å². The van der Waals surface area contributed by atoms with E-state index in [2.05, 4.69) is 4.90 Å². The maximum atomic E-state index is 13.6. The molecule has 1 aromatic carbocycles. The summed E-state index contributed by atoms with van der Waals surface area (Å²) in [5.74, 6) is -0.523. The number of carbonyl (C=O) groups excluding carboxylic acids is 1. The lowest BCUT2D eigenvalue weighted by Gasteiger charge is -2.38. The van der Waals surface area contributed by atoms with Crippen molar-refractivity contribution in [3.8, 4) is 0 Å². The van der Waals surface area contributed by atoms with Gasteiger partial charge in [0.05, 0.1) is 31.5 Å². The number of ether oxygens (including phenoxy) is 1. The van der Waals surface area contributed by atoms with Gasteiger partial charge in [-0.15, -0.1) is 0 Å². The number of aliphatic hydroxyl groups is 2. The van der Waals surface area contributed by atoms with Gasteiger partial charge in [0.2, 0.25) is 0 Å². The number of likely N-dealkylation sites (tertiary alicyclic amines) is 1. The van der Waals surface area contributed by atoms with Crippen molar-refractivity contribution in [2.45, 2.75) is 31.6 Å². The minimum absolute atomic E-state index is 0.173. The number of furan rings is 1. The quantitative estimate of drug-likeness (QED) is 0.798. The first-order valence-electron chi connectivity index (χ1n) is 9.61. The number of fused-ring (bicyclic) bond motifs is 1. The minimum Gasteiger partial charge on any atom is -0.451 e. The molecule has 0 aliphatic carbocycles. The number of halogens is 1. The Morgan fingerprint density at radius 2 is 1.96 bits per heavy atom. The van der Waals surface area contributed by atoms with E-state index in [0.717, 1.165) is 0 Å². The Bertz CT molecular complexity index is 864. The van der Waals surface area contributed by atoms with Gasteiger partial charge in [0.15, 0.2) is 5.76 Å². The van der Waals surface area contributed by atoms with Crippen LogP contribution in [0.5, 0.6) is 0 Å². The largest absolute Gasteiger partial charge is 0.451 e. The van der Waals surface area contributed by atoms with Gasteiger partial charge in [0.25, 0.3) is 5.91 Å². The van der Waals surface area contributed by atoms with Gasteiger partial charge in [0, 0.05) is 37.1 Å². The van der Waals surface area contributed by atoms with Crippen molar-refractivity contribution in [1.29, 1.82) is 0 Å². The van der Waals surface area contributed by atoms with Gasteiger partial charge < -0.3 is 24.3 Å². The summed E-state index contributed by atoms with van der Waals surface area (Å²) in [6.07, 6.45) is -1.57. The molecule has 3 heterocycles. The number of morpholine rings is 1. The van der Waals surface area contributed by atoms with Crippen molar-refractivity contribution >= 4 is 16.9 Å². The zero-order valence-electron chi connectivity index (χ0n) is 15.8. The molecule has 2 aliphatic heterocycles. The summed E-state index contributed by atoms with van der Waals surface area (Å²) in [5, 5.41) is 21.5. The molecule has 0 spiro atoms. The summed E-state index contributed by atoms with van der Waals surface area (Å²) < 4.78 is 24.7. The smallest absolute Gasteiger partial charge is 0.289 e. The average molecular weight is 392 g/mol. The van der Waals surface area contributed by atoms with Crippen molar-refractivity contribution in [3.05, 3.63) is 35.3 Å². The lowest BCUT2D eigenvalue weighted by Crippen LogP contribution is -2.55. The fourth-order valence-corrected chi connectivity index (χ4v) is 4.11. The molecule has 1 aromatic heterocycles. The van der Waals surface area contributed by atoms with Crippen LogP contribution in [-0.2, 0) is 4.74 Å². The first-order valence-corrected chi connectivity index (χ1v) is 9.61. The molecule has 2 fully saturated rings. The third kappa shape index (κ3) is 3.53. The van der Waals surface area contributed by atoms with Crippen molar-refractivity contribution in [2.24, 2.45) is 0 Å². The van der Waals surface area contributed by atoms with Gasteiger partial charge >= 0.3 is 0 Å². The molecule has 2 saturated heterocycles. The van der Waals surface area contributed by atoms with E-state index in [-0.39, 0.29) is 36.5 Å². The number of aliphatic hydroxyl groups excluding tert-OH is 2. The Morgan fingerprint density at radius 1 is 1.21 bits per heavy atom. The molecule has 2 aliphatic rings. The second-order valence-corrected chi connectivity index (χ2v) is 7.51. The second kappa shape index (κ2) is 7.79. The van der Waals surface area contributed by atoms with E-state index in [0.29, 0.717) is 49.4 Å². The predicted octanol–water partition coefficient (Wildman–Crippen LogP) is 1.15. The zero-order chi connectivity index (χ0) is 19.8. The highest BCUT2D eigenvalue weighted by Crippen LogP contribution is 2.28. The molecule has 8 heteroatoms. The lowest BCUT2D eigenvalue weighted by atomic mass is 10.0. The second-order valence-electron chi connectivity index (χ2n) is 7.51. The van der Waals surface area contributed by atoms with Crippen molar-refractivity contribution in [2.75, 3.05) is 39.4 Å². The summed E-state index contributed by atoms with van der Waals surface area (Å²) >= 11 is 0. The fraction of sp³-hybridized carbons (Fsp3) is 0.550. The molecular weight excluding hydrogens is 367 g/mol. The molecule has 7 nitrogen and oxygen atoms in total. The number of amides is 1. The van der Waals surface area contributed by atoms with E-state index in [1.807, 2.05) is 0 Å². The zero-order valence-corrected chi connectivity index (χ0v) is 15.8. The highest BCUT2D eigenvalue weighted by molar-refractivity contribution is 5.99. The van der Waals surface area contributed by atoms with Crippen LogP contribution >= 0.6 is 0 Å². The normalized spacial score (nSPS) is 27.1. The molecule has 2 aromatic rings. The predicted molar refractivity (Wildman–Crippen MR) is 99.6 cm³/mol. The average Bonchev–Trinajstić information content (AvgIpc) is 2.95. The Balaban J connectivity index is 1.62. The van der Waals surface area contributed by atoms with Crippen LogP contribution in [0.15, 0.2) is 22.6 Å². The Morgan fingerprint density at radius 3 is 2.71 bits per heavy atom. The van der Waals surface area contributed by atoms with Crippen LogP contribution < -0.4 is 0 Å². The SMILES string of the molecule is Cc1c(C(=O)N2CC[C@@H](O)[C@@H](O)[C@H](N3CCOCC3)C2)oc2ccc(F)cc12. The number of hydrogen-bond acceptors (Lipinski definition) is 6. The maximum absolute atomic E-state index is 13.6. The Kier molecular flexibility index (Phi) is 5.37. The fourth-order valence-electron chi connectivity index (χ4n) is 4.11. The molecule has 0 radical (unpaired) electrons. The summed E-state index contributed by atoms with van der Waals surface area (Å²) in [6, 6.07) is 3.79. The van der Waals surface area contributed by atoms with Gasteiger partial charge in [-0.25, -0.2) is 4.39 Å². The van der Waals surface area contributed by atoms with Crippen LogP contribution in [0, 0.1) is 12.7 Å². The molecule has 152 valence electrons. The molecular formula is C20H25FN2O5. The number of hydrogen-bond donors (Lipinski definition) is 2. The van der Waals surface area contributed by atoms with Gasteiger partial charge in [-0.05, 0) is 31.5 Å². The monoisotopic (exact) mass is 392 g/mol. The number of nitrogens with zero attached hydrogens (tertiary/aromatic N) is 2.